The van der Waals surface area contributed by atoms with Crippen LogP contribution in [-0.4, -0.2) is 72.6 Å². The number of amides is 1. The van der Waals surface area contributed by atoms with Gasteiger partial charge in [-0.1, -0.05) is 0 Å². The molecule has 2 aliphatic heterocycles. The van der Waals surface area contributed by atoms with Crippen molar-refractivity contribution in [1.82, 2.24) is 23.7 Å². The summed E-state index contributed by atoms with van der Waals surface area (Å²) in [5, 5.41) is 4.30. The number of likely N-dealkylation sites (N-methyl/N-ethyl adjacent to an activating group) is 1. The number of hydrogen-bond acceptors (Lipinski definition) is 5. The highest BCUT2D eigenvalue weighted by atomic mass is 32.2. The quantitative estimate of drug-likeness (QED) is 0.747. The number of nitrogens with zero attached hydrogens (tertiary/aromatic N) is 5. The number of hydrogen-bond donors (Lipinski definition) is 1. The molecular weight excluding hydrogens is 423 g/mol. The Labute approximate surface area is 181 Å². The van der Waals surface area contributed by atoms with Gasteiger partial charge in [0.15, 0.2) is 0 Å². The summed E-state index contributed by atoms with van der Waals surface area (Å²) in [6, 6.07) is 4.99. The van der Waals surface area contributed by atoms with Gasteiger partial charge in [-0.15, -0.1) is 0 Å². The number of aryl methyl sites for hydroxylation is 2. The van der Waals surface area contributed by atoms with E-state index in [1.807, 2.05) is 6.92 Å². The highest BCUT2D eigenvalue weighted by molar-refractivity contribution is 7.87. The van der Waals surface area contributed by atoms with Crippen LogP contribution in [0.1, 0.15) is 23.7 Å². The fourth-order valence-corrected chi connectivity index (χ4v) is 5.57. The molecule has 2 aliphatic rings. The maximum atomic E-state index is 13.3. The number of halogens is 1. The molecule has 0 aliphatic carbocycles. The van der Waals surface area contributed by atoms with Crippen LogP contribution in [0.3, 0.4) is 0 Å². The first kappa shape index (κ1) is 21.7. The zero-order valence-corrected chi connectivity index (χ0v) is 18.6. The minimum Gasteiger partial charge on any atom is -0.368 e. The van der Waals surface area contributed by atoms with Gasteiger partial charge in [-0.05, 0) is 37.6 Å². The summed E-state index contributed by atoms with van der Waals surface area (Å²) < 4.78 is 44.1. The Morgan fingerprint density at radius 2 is 1.77 bits per heavy atom. The molecule has 4 rings (SSSR count). The van der Waals surface area contributed by atoms with E-state index >= 15 is 0 Å². The molecule has 3 heterocycles. The topological polar surface area (TPSA) is 90.8 Å². The molecule has 1 amide bonds. The van der Waals surface area contributed by atoms with Crippen LogP contribution in [0.5, 0.6) is 0 Å². The summed E-state index contributed by atoms with van der Waals surface area (Å²) in [6.45, 7) is 3.98. The average molecular weight is 451 g/mol. The van der Waals surface area contributed by atoms with E-state index in [2.05, 4.69) is 14.7 Å². The summed E-state index contributed by atoms with van der Waals surface area (Å²) in [5.41, 5.74) is 2.42. The van der Waals surface area contributed by atoms with Crippen molar-refractivity contribution in [3.05, 3.63) is 47.5 Å². The Balaban J connectivity index is 1.48. The first-order valence-corrected chi connectivity index (χ1v) is 11.6. The van der Waals surface area contributed by atoms with Gasteiger partial charge in [0.2, 0.25) is 5.91 Å². The van der Waals surface area contributed by atoms with Gasteiger partial charge in [-0.2, -0.15) is 22.5 Å². The van der Waals surface area contributed by atoms with Crippen LogP contribution < -0.4 is 9.62 Å². The number of anilines is 1. The highest BCUT2D eigenvalue weighted by Gasteiger charge is 2.43. The maximum Gasteiger partial charge on any atom is 0.280 e. The minimum atomic E-state index is -3.80. The molecule has 168 valence electrons. The third kappa shape index (κ3) is 4.30. The van der Waals surface area contributed by atoms with Gasteiger partial charge in [0.1, 0.15) is 11.9 Å². The third-order valence-electron chi connectivity index (χ3n) is 6.06. The molecule has 0 bridgehead atoms. The van der Waals surface area contributed by atoms with Crippen molar-refractivity contribution in [2.75, 3.05) is 38.1 Å². The van der Waals surface area contributed by atoms with Gasteiger partial charge in [0.25, 0.3) is 10.2 Å². The zero-order valence-electron chi connectivity index (χ0n) is 17.8. The maximum absolute atomic E-state index is 13.3. The molecule has 2 saturated heterocycles. The van der Waals surface area contributed by atoms with Gasteiger partial charge < -0.3 is 9.80 Å². The minimum absolute atomic E-state index is 0.196. The first-order chi connectivity index (χ1) is 14.7. The number of carbonyl (C=O) groups is 1. The lowest BCUT2D eigenvalue weighted by atomic mass is 9.99. The van der Waals surface area contributed by atoms with E-state index in [1.54, 1.807) is 35.0 Å². The Hall–Kier alpha value is -2.50. The van der Waals surface area contributed by atoms with Crippen LogP contribution in [0.25, 0.3) is 0 Å². The number of piperazine rings is 1. The normalized spacial score (nSPS) is 24.4. The molecule has 1 aromatic carbocycles. The Kier molecular flexibility index (Phi) is 5.75. The Morgan fingerprint density at radius 1 is 1.13 bits per heavy atom. The molecule has 11 heteroatoms. The molecule has 1 aromatic heterocycles. The molecular formula is C20H27FN6O3S. The van der Waals surface area contributed by atoms with Gasteiger partial charge >= 0.3 is 0 Å². The van der Waals surface area contributed by atoms with Crippen molar-refractivity contribution in [2.24, 2.45) is 7.05 Å². The smallest absolute Gasteiger partial charge is 0.280 e. The molecule has 9 nitrogen and oxygen atoms in total. The zero-order chi connectivity index (χ0) is 22.3. The second kappa shape index (κ2) is 8.21. The fraction of sp³-hybridized carbons (Fsp3) is 0.500. The average Bonchev–Trinajstić information content (AvgIpc) is 3.08. The van der Waals surface area contributed by atoms with Crippen molar-refractivity contribution in [1.29, 1.82) is 0 Å². The molecule has 0 saturated carbocycles. The Morgan fingerprint density at radius 3 is 2.35 bits per heavy atom. The van der Waals surface area contributed by atoms with E-state index in [4.69, 9.17) is 0 Å². The molecule has 0 unspecified atom stereocenters. The largest absolute Gasteiger partial charge is 0.368 e. The number of aromatic nitrogens is 2. The first-order valence-electron chi connectivity index (χ1n) is 10.2. The molecule has 2 aromatic rings. The van der Waals surface area contributed by atoms with Crippen LogP contribution in [-0.2, 0) is 22.1 Å². The molecule has 2 atom stereocenters. The standard InChI is InChI=1S/C20H27FN6O3S/c1-14-17(13-24(2)22-14)18-12-19(25(3)31(29,30)23-18)20(28)27-10-8-26(9-11-27)16-6-4-15(21)5-7-16/h4-7,13,18-19,23H,8-12H2,1-3H3/t18-,19-/m1/s1. The van der Waals surface area contributed by atoms with Crippen LogP contribution in [0.15, 0.2) is 30.5 Å². The van der Waals surface area contributed by atoms with Crippen LogP contribution in [0.4, 0.5) is 10.1 Å². The lowest BCUT2D eigenvalue weighted by Crippen LogP contribution is -2.60. The summed E-state index contributed by atoms with van der Waals surface area (Å²) in [4.78, 5) is 17.1. The molecule has 0 radical (unpaired) electrons. The second-order valence-corrected chi connectivity index (χ2v) is 9.84. The fourth-order valence-electron chi connectivity index (χ4n) is 4.30. The molecule has 31 heavy (non-hydrogen) atoms. The van der Waals surface area contributed by atoms with Crippen LogP contribution >= 0.6 is 0 Å². The third-order valence-corrected chi connectivity index (χ3v) is 7.66. The molecule has 0 spiro atoms. The van der Waals surface area contributed by atoms with E-state index in [1.165, 1.54) is 19.2 Å². The summed E-state index contributed by atoms with van der Waals surface area (Å²) >= 11 is 0. The monoisotopic (exact) mass is 450 g/mol. The number of rotatable bonds is 3. The van der Waals surface area contributed by atoms with Gasteiger partial charge in [-0.3, -0.25) is 9.48 Å². The van der Waals surface area contributed by atoms with E-state index < -0.39 is 22.3 Å². The van der Waals surface area contributed by atoms with E-state index in [0.717, 1.165) is 21.2 Å². The van der Waals surface area contributed by atoms with Crippen molar-refractivity contribution >= 4 is 21.8 Å². The highest BCUT2D eigenvalue weighted by Crippen LogP contribution is 2.30. The number of nitrogens with one attached hydrogen (secondary N) is 1. The Bertz CT molecular complexity index is 1060. The van der Waals surface area contributed by atoms with Gasteiger partial charge in [0, 0.05) is 57.7 Å². The van der Waals surface area contributed by atoms with Crippen molar-refractivity contribution < 1.29 is 17.6 Å². The number of carbonyl (C=O) groups excluding carboxylic acids is 1. The van der Waals surface area contributed by atoms with E-state index in [-0.39, 0.29) is 11.7 Å². The predicted octanol–water partition coefficient (Wildman–Crippen LogP) is 0.796. The summed E-state index contributed by atoms with van der Waals surface area (Å²) in [6.07, 6.45) is 2.12. The molecule has 1 N–H and O–H groups in total. The van der Waals surface area contributed by atoms with Gasteiger partial charge in [-0.25, -0.2) is 4.39 Å². The van der Waals surface area contributed by atoms with E-state index in [0.29, 0.717) is 32.6 Å². The lowest BCUT2D eigenvalue weighted by molar-refractivity contribution is -0.136. The van der Waals surface area contributed by atoms with Crippen LogP contribution in [0.2, 0.25) is 0 Å². The van der Waals surface area contributed by atoms with Crippen molar-refractivity contribution in [2.45, 2.75) is 25.4 Å². The predicted molar refractivity (Wildman–Crippen MR) is 114 cm³/mol. The molecule has 2 fully saturated rings. The summed E-state index contributed by atoms with van der Waals surface area (Å²) in [7, 11) is -0.587. The van der Waals surface area contributed by atoms with Crippen molar-refractivity contribution in [3.8, 4) is 0 Å². The second-order valence-electron chi connectivity index (χ2n) is 8.08. The van der Waals surface area contributed by atoms with Gasteiger partial charge in [0.05, 0.1) is 11.7 Å². The van der Waals surface area contributed by atoms with E-state index in [9.17, 15) is 17.6 Å². The van der Waals surface area contributed by atoms with Crippen molar-refractivity contribution in [3.63, 3.8) is 0 Å². The van der Waals surface area contributed by atoms with Crippen LogP contribution in [0, 0.1) is 12.7 Å². The lowest BCUT2D eigenvalue weighted by Gasteiger charge is -2.41. The summed E-state index contributed by atoms with van der Waals surface area (Å²) in [5.74, 6) is -0.482. The SMILES string of the molecule is Cc1nn(C)cc1[C@H]1C[C@H](C(=O)N2CCN(c3ccc(F)cc3)CC2)N(C)S(=O)(=O)N1. The number of benzene rings is 1.